The highest BCUT2D eigenvalue weighted by Gasteiger charge is 2.26. The summed E-state index contributed by atoms with van der Waals surface area (Å²) in [4.78, 5) is 14.3. The Balaban J connectivity index is 1.60. The first-order valence-electron chi connectivity index (χ1n) is 10.1. The molecule has 0 aliphatic carbocycles. The second-order valence-corrected chi connectivity index (χ2v) is 9.46. The Kier molecular flexibility index (Phi) is 5.80. The number of nitrogens with one attached hydrogen (secondary N) is 2. The number of sulfonamides is 1. The van der Waals surface area contributed by atoms with Gasteiger partial charge < -0.3 is 9.72 Å². The van der Waals surface area contributed by atoms with Gasteiger partial charge in [-0.2, -0.15) is 0 Å². The van der Waals surface area contributed by atoms with Crippen LogP contribution in [0.2, 0.25) is 5.02 Å². The molecule has 5 rings (SSSR count). The molecule has 36 heavy (non-hydrogen) atoms. The van der Waals surface area contributed by atoms with Crippen LogP contribution < -0.4 is 9.46 Å². The standard InChI is InChI=1S/C22H14ClF3N6O3S/c1-35-22-16(8-11(23)9-30-22)36(33,34)31-14-3-2-13(24)17(19(14)26)12-4-7-32-15(18(12)25)10-29-21(32)20-27-5-6-28-20/h2-10,31H,1H3,(H,27,28). The lowest BCUT2D eigenvalue weighted by Gasteiger charge is -2.14. The summed E-state index contributed by atoms with van der Waals surface area (Å²) in [6.07, 6.45) is 6.79. The molecule has 0 amide bonds. The average Bonchev–Trinajstić information content (AvgIpc) is 3.52. The van der Waals surface area contributed by atoms with Crippen LogP contribution in [0.1, 0.15) is 0 Å². The zero-order valence-electron chi connectivity index (χ0n) is 18.1. The van der Waals surface area contributed by atoms with E-state index in [0.29, 0.717) is 5.82 Å². The Morgan fingerprint density at radius 2 is 1.89 bits per heavy atom. The molecule has 2 N–H and O–H groups in total. The summed E-state index contributed by atoms with van der Waals surface area (Å²) in [5.74, 6) is -3.05. The largest absolute Gasteiger partial charge is 0.480 e. The molecule has 9 nitrogen and oxygen atoms in total. The van der Waals surface area contributed by atoms with Crippen LogP contribution in [0.15, 0.2) is 60.1 Å². The number of imidazole rings is 2. The molecule has 0 fully saturated rings. The van der Waals surface area contributed by atoms with Crippen molar-refractivity contribution in [2.45, 2.75) is 4.90 Å². The lowest BCUT2D eigenvalue weighted by Crippen LogP contribution is -2.16. The van der Waals surface area contributed by atoms with E-state index in [0.717, 1.165) is 24.3 Å². The van der Waals surface area contributed by atoms with Gasteiger partial charge in [-0.15, -0.1) is 0 Å². The molecule has 0 unspecified atom stereocenters. The SMILES string of the molecule is COc1ncc(Cl)cc1S(=O)(=O)Nc1ccc(F)c(-c2ccn3c(-c4ncc[nH]4)ncc3c2F)c1F. The summed E-state index contributed by atoms with van der Waals surface area (Å²) in [6.45, 7) is 0. The molecule has 0 aliphatic rings. The predicted octanol–water partition coefficient (Wildman–Crippen LogP) is 4.67. The van der Waals surface area contributed by atoms with Crippen molar-refractivity contribution >= 4 is 32.8 Å². The number of nitrogens with zero attached hydrogens (tertiary/aromatic N) is 4. The van der Waals surface area contributed by atoms with Crippen LogP contribution in [-0.4, -0.2) is 39.9 Å². The fraction of sp³-hybridized carbons (Fsp3) is 0.0455. The Bertz CT molecular complexity index is 1730. The second kappa shape index (κ2) is 8.84. The monoisotopic (exact) mass is 534 g/mol. The van der Waals surface area contributed by atoms with Crippen molar-refractivity contribution in [2.75, 3.05) is 11.8 Å². The number of fused-ring (bicyclic) bond motifs is 1. The summed E-state index contributed by atoms with van der Waals surface area (Å²) >= 11 is 5.85. The third-order valence-electron chi connectivity index (χ3n) is 5.23. The number of hydrogen-bond donors (Lipinski definition) is 2. The highest BCUT2D eigenvalue weighted by Crippen LogP contribution is 2.36. The van der Waals surface area contributed by atoms with Gasteiger partial charge in [0.2, 0.25) is 5.88 Å². The van der Waals surface area contributed by atoms with E-state index in [1.165, 1.54) is 36.3 Å². The quantitative estimate of drug-likeness (QED) is 0.327. The van der Waals surface area contributed by atoms with E-state index in [-0.39, 0.29) is 22.2 Å². The topological polar surface area (TPSA) is 114 Å². The molecule has 4 aromatic heterocycles. The molecule has 1 aromatic carbocycles. The van der Waals surface area contributed by atoms with Crippen LogP contribution in [0.4, 0.5) is 18.9 Å². The summed E-state index contributed by atoms with van der Waals surface area (Å²) in [5.41, 5.74) is -1.91. The maximum atomic E-state index is 15.5. The zero-order chi connectivity index (χ0) is 25.6. The Morgan fingerprint density at radius 1 is 1.08 bits per heavy atom. The highest BCUT2D eigenvalue weighted by molar-refractivity contribution is 7.92. The van der Waals surface area contributed by atoms with Gasteiger partial charge in [0, 0.05) is 30.4 Å². The van der Waals surface area contributed by atoms with Gasteiger partial charge in [-0.3, -0.25) is 9.12 Å². The van der Waals surface area contributed by atoms with Crippen molar-refractivity contribution in [1.82, 2.24) is 24.3 Å². The van der Waals surface area contributed by atoms with Gasteiger partial charge in [0.15, 0.2) is 28.2 Å². The molecule has 4 heterocycles. The van der Waals surface area contributed by atoms with Crippen LogP contribution in [-0.2, 0) is 10.0 Å². The van der Waals surface area contributed by atoms with Crippen LogP contribution >= 0.6 is 11.6 Å². The number of H-pyrrole nitrogens is 1. The smallest absolute Gasteiger partial charge is 0.267 e. The fourth-order valence-electron chi connectivity index (χ4n) is 3.62. The number of aromatic amines is 1. The van der Waals surface area contributed by atoms with E-state index < -0.39 is 49.2 Å². The molecule has 14 heteroatoms. The van der Waals surface area contributed by atoms with Crippen molar-refractivity contribution in [2.24, 2.45) is 0 Å². The van der Waals surface area contributed by atoms with Crippen LogP contribution in [0.3, 0.4) is 0 Å². The molecule has 0 saturated carbocycles. The first-order valence-corrected chi connectivity index (χ1v) is 11.9. The molecule has 0 spiro atoms. The number of methoxy groups -OCH3 is 1. The van der Waals surface area contributed by atoms with Gasteiger partial charge in [0.1, 0.15) is 11.3 Å². The minimum Gasteiger partial charge on any atom is -0.480 e. The first kappa shape index (κ1) is 23.6. The van der Waals surface area contributed by atoms with Gasteiger partial charge in [-0.05, 0) is 24.3 Å². The van der Waals surface area contributed by atoms with Crippen molar-refractivity contribution in [3.8, 4) is 28.7 Å². The number of benzene rings is 1. The molecule has 0 aliphatic heterocycles. The zero-order valence-corrected chi connectivity index (χ0v) is 19.7. The Hall–Kier alpha value is -4.10. The van der Waals surface area contributed by atoms with E-state index in [2.05, 4.69) is 19.9 Å². The third kappa shape index (κ3) is 3.91. The molecule has 0 saturated heterocycles. The van der Waals surface area contributed by atoms with E-state index in [1.54, 1.807) is 6.20 Å². The number of ether oxygens (including phenoxy) is 1. The lowest BCUT2D eigenvalue weighted by atomic mass is 10.0. The minimum absolute atomic E-state index is 0.0125. The maximum Gasteiger partial charge on any atom is 0.267 e. The van der Waals surface area contributed by atoms with Crippen molar-refractivity contribution in [3.05, 3.63) is 77.7 Å². The highest BCUT2D eigenvalue weighted by atomic mass is 35.5. The van der Waals surface area contributed by atoms with Crippen LogP contribution in [0.25, 0.3) is 28.3 Å². The third-order valence-corrected chi connectivity index (χ3v) is 6.80. The number of halogens is 4. The average molecular weight is 535 g/mol. The lowest BCUT2D eigenvalue weighted by molar-refractivity contribution is 0.385. The summed E-state index contributed by atoms with van der Waals surface area (Å²) in [7, 11) is -3.29. The molecule has 0 bridgehead atoms. The summed E-state index contributed by atoms with van der Waals surface area (Å²) < 4.78 is 79.9. The van der Waals surface area contributed by atoms with Gasteiger partial charge in [-0.1, -0.05) is 11.6 Å². The number of hydrogen-bond acceptors (Lipinski definition) is 6. The molecule has 0 atom stereocenters. The number of pyridine rings is 2. The van der Waals surface area contributed by atoms with Crippen LogP contribution in [0, 0.1) is 17.5 Å². The van der Waals surface area contributed by atoms with E-state index in [4.69, 9.17) is 16.3 Å². The van der Waals surface area contributed by atoms with Crippen molar-refractivity contribution in [1.29, 1.82) is 0 Å². The van der Waals surface area contributed by atoms with Crippen LogP contribution in [0.5, 0.6) is 5.88 Å². The Morgan fingerprint density at radius 3 is 2.61 bits per heavy atom. The molecular formula is C22H14ClF3N6O3S. The normalized spacial score (nSPS) is 11.7. The number of aromatic nitrogens is 5. The minimum atomic E-state index is -4.48. The number of anilines is 1. The fourth-order valence-corrected chi connectivity index (χ4v) is 5.05. The molecule has 184 valence electrons. The van der Waals surface area contributed by atoms with Gasteiger partial charge in [0.25, 0.3) is 10.0 Å². The van der Waals surface area contributed by atoms with Crippen molar-refractivity contribution < 1.29 is 26.3 Å². The molecule has 5 aromatic rings. The summed E-state index contributed by atoms with van der Waals surface area (Å²) in [6, 6.07) is 3.90. The van der Waals surface area contributed by atoms with E-state index in [1.807, 2.05) is 4.72 Å². The van der Waals surface area contributed by atoms with Gasteiger partial charge in [0.05, 0.1) is 29.6 Å². The second-order valence-electron chi connectivity index (χ2n) is 7.37. The maximum absolute atomic E-state index is 15.5. The Labute approximate surface area is 206 Å². The summed E-state index contributed by atoms with van der Waals surface area (Å²) in [5, 5.41) is -0.0125. The van der Waals surface area contributed by atoms with Crippen molar-refractivity contribution in [3.63, 3.8) is 0 Å². The van der Waals surface area contributed by atoms with E-state index in [9.17, 15) is 12.8 Å². The number of rotatable bonds is 6. The van der Waals surface area contributed by atoms with Gasteiger partial charge >= 0.3 is 0 Å². The molecule has 0 radical (unpaired) electrons. The first-order chi connectivity index (χ1) is 17.2. The van der Waals surface area contributed by atoms with E-state index >= 15 is 8.78 Å². The predicted molar refractivity (Wildman–Crippen MR) is 125 cm³/mol. The van der Waals surface area contributed by atoms with Gasteiger partial charge in [-0.25, -0.2) is 36.5 Å². The molecular weight excluding hydrogens is 521 g/mol.